The average molecular weight is 236 g/mol. The Kier molecular flexibility index (Phi) is 6.60. The van der Waals surface area contributed by atoms with Crippen LogP contribution in [0.3, 0.4) is 0 Å². The molecule has 0 aromatic carbocycles. The molecule has 0 atom stereocenters. The van der Waals surface area contributed by atoms with E-state index in [4.69, 9.17) is 0 Å². The molecule has 0 unspecified atom stereocenters. The average Bonchev–Trinajstić information content (AvgIpc) is 2.03. The van der Waals surface area contributed by atoms with Crippen LogP contribution in [0.2, 0.25) is 0 Å². The molecular weight excluding hydrogens is 226 g/mol. The van der Waals surface area contributed by atoms with Gasteiger partial charge in [-0.05, 0) is 0 Å². The third-order valence-electron chi connectivity index (χ3n) is 1.04. The summed E-state index contributed by atoms with van der Waals surface area (Å²) < 4.78 is 4.64. The molecule has 0 bridgehead atoms. The van der Waals surface area contributed by atoms with E-state index in [1.807, 2.05) is 0 Å². The van der Waals surface area contributed by atoms with E-state index in [1.165, 1.54) is 13.2 Å². The molecule has 0 saturated heterocycles. The first kappa shape index (κ1) is 11.3. The molecule has 5 heteroatoms. The molecule has 0 aliphatic carbocycles. The van der Waals surface area contributed by atoms with E-state index in [0.29, 0.717) is 5.33 Å². The summed E-state index contributed by atoms with van der Waals surface area (Å²) in [5, 5.41) is 11.0. The smallest absolute Gasteiger partial charge is 0.271 e. The number of ether oxygens (including phenoxy) is 1. The highest BCUT2D eigenvalue weighted by atomic mass is 79.9. The van der Waals surface area contributed by atoms with Crippen molar-refractivity contribution < 1.29 is 9.66 Å². The Balaban J connectivity index is 4.18. The van der Waals surface area contributed by atoms with Crippen LogP contribution in [0.5, 0.6) is 0 Å². The topological polar surface area (TPSA) is 52.4 Å². The molecular formula is C7H10BrNO3. The number of nitrogens with zero attached hydrogens (tertiary/aromatic N) is 1. The highest BCUT2D eigenvalue weighted by molar-refractivity contribution is 9.09. The van der Waals surface area contributed by atoms with E-state index in [-0.39, 0.29) is 12.3 Å². The third kappa shape index (κ3) is 5.03. The van der Waals surface area contributed by atoms with Gasteiger partial charge in [0.05, 0.1) is 4.92 Å². The second-order valence-corrected chi connectivity index (χ2v) is 2.58. The summed E-state index contributed by atoms with van der Waals surface area (Å²) in [6.45, 7) is 0.0274. The predicted molar refractivity (Wildman–Crippen MR) is 49.9 cm³/mol. The molecule has 0 heterocycles. The van der Waals surface area contributed by atoms with Gasteiger partial charge in [0.25, 0.3) is 5.70 Å². The largest absolute Gasteiger partial charge is 0.373 e. The molecule has 0 spiro atoms. The van der Waals surface area contributed by atoms with E-state index in [1.54, 1.807) is 12.2 Å². The van der Waals surface area contributed by atoms with Gasteiger partial charge in [-0.1, -0.05) is 28.1 Å². The fraction of sp³-hybridized carbons (Fsp3) is 0.429. The molecule has 0 rings (SSSR count). The molecule has 0 saturated carbocycles. The van der Waals surface area contributed by atoms with Crippen LogP contribution in [-0.4, -0.2) is 24.0 Å². The molecule has 0 aromatic heterocycles. The summed E-state index contributed by atoms with van der Waals surface area (Å²) in [6, 6.07) is 0. The van der Waals surface area contributed by atoms with Gasteiger partial charge in [-0.25, -0.2) is 0 Å². The Morgan fingerprint density at radius 1 is 1.75 bits per heavy atom. The molecule has 4 nitrogen and oxygen atoms in total. The van der Waals surface area contributed by atoms with E-state index < -0.39 is 4.92 Å². The van der Waals surface area contributed by atoms with Gasteiger partial charge in [-0.3, -0.25) is 10.1 Å². The first-order chi connectivity index (χ1) is 5.72. The molecule has 0 fully saturated rings. The van der Waals surface area contributed by atoms with Crippen LogP contribution < -0.4 is 0 Å². The van der Waals surface area contributed by atoms with Crippen molar-refractivity contribution in [2.24, 2.45) is 0 Å². The summed E-state index contributed by atoms with van der Waals surface area (Å²) in [6.07, 6.45) is 4.80. The van der Waals surface area contributed by atoms with Crippen LogP contribution in [0.15, 0.2) is 23.9 Å². The van der Waals surface area contributed by atoms with Crippen molar-refractivity contribution in [3.8, 4) is 0 Å². The Morgan fingerprint density at radius 3 is 2.83 bits per heavy atom. The van der Waals surface area contributed by atoms with Gasteiger partial charge in [-0.2, -0.15) is 0 Å². The van der Waals surface area contributed by atoms with Gasteiger partial charge in [0.1, 0.15) is 6.61 Å². The summed E-state index contributed by atoms with van der Waals surface area (Å²) in [5.74, 6) is 0. The minimum absolute atomic E-state index is 0.0274. The van der Waals surface area contributed by atoms with Crippen LogP contribution in [0.25, 0.3) is 0 Å². The molecule has 0 N–H and O–H groups in total. The number of alkyl halides is 1. The van der Waals surface area contributed by atoms with Gasteiger partial charge >= 0.3 is 0 Å². The summed E-state index contributed by atoms with van der Waals surface area (Å²) in [7, 11) is 1.42. The van der Waals surface area contributed by atoms with Crippen molar-refractivity contribution in [3.05, 3.63) is 34.0 Å². The van der Waals surface area contributed by atoms with Crippen LogP contribution in [0.4, 0.5) is 0 Å². The Morgan fingerprint density at radius 2 is 2.42 bits per heavy atom. The Bertz CT molecular complexity index is 201. The molecule has 0 aromatic rings. The lowest BCUT2D eigenvalue weighted by atomic mass is 10.4. The maximum Gasteiger partial charge on any atom is 0.271 e. The Hall–Kier alpha value is -0.680. The first-order valence-electron chi connectivity index (χ1n) is 3.27. The number of halogens is 1. The number of methoxy groups -OCH3 is 1. The number of hydrogen-bond acceptors (Lipinski definition) is 3. The van der Waals surface area contributed by atoms with Crippen LogP contribution >= 0.6 is 15.9 Å². The normalized spacial score (nSPS) is 12.3. The van der Waals surface area contributed by atoms with Crippen LogP contribution in [0, 0.1) is 10.1 Å². The predicted octanol–water partition coefficient (Wildman–Crippen LogP) is 1.74. The molecule has 0 radical (unpaired) electrons. The molecule has 0 amide bonds. The minimum atomic E-state index is -0.456. The zero-order valence-corrected chi connectivity index (χ0v) is 8.28. The Labute approximate surface area is 79.2 Å². The molecule has 12 heavy (non-hydrogen) atoms. The number of nitro groups is 1. The fourth-order valence-corrected chi connectivity index (χ4v) is 0.756. The first-order valence-corrected chi connectivity index (χ1v) is 4.39. The maximum absolute atomic E-state index is 10.3. The van der Waals surface area contributed by atoms with Crippen molar-refractivity contribution in [1.29, 1.82) is 0 Å². The number of hydrogen-bond donors (Lipinski definition) is 0. The molecule has 68 valence electrons. The summed E-state index contributed by atoms with van der Waals surface area (Å²) in [5.41, 5.74) is 0.0506. The van der Waals surface area contributed by atoms with Crippen molar-refractivity contribution in [3.63, 3.8) is 0 Å². The highest BCUT2D eigenvalue weighted by Gasteiger charge is 2.06. The standard InChI is InChI=1S/C7H10BrNO3/c1-12-6-7(9(10)11)4-2-3-5-8/h2-4H,5-6H2,1H3/b3-2-,7-4+. The number of allylic oxidation sites excluding steroid dienone is 3. The summed E-state index contributed by atoms with van der Waals surface area (Å²) in [4.78, 5) is 9.84. The van der Waals surface area contributed by atoms with E-state index >= 15 is 0 Å². The van der Waals surface area contributed by atoms with E-state index in [0.717, 1.165) is 0 Å². The third-order valence-corrected chi connectivity index (χ3v) is 1.41. The molecule has 0 aliphatic heterocycles. The SMILES string of the molecule is COC/C(=C\C=C/CBr)[N+](=O)[O-]. The second kappa shape index (κ2) is 7.00. The van der Waals surface area contributed by atoms with Crippen LogP contribution in [0.1, 0.15) is 0 Å². The molecule has 0 aliphatic rings. The van der Waals surface area contributed by atoms with Crippen molar-refractivity contribution >= 4 is 15.9 Å². The lowest BCUT2D eigenvalue weighted by Crippen LogP contribution is -2.04. The number of rotatable bonds is 5. The van der Waals surface area contributed by atoms with Gasteiger partial charge in [0, 0.05) is 18.5 Å². The zero-order chi connectivity index (χ0) is 9.40. The van der Waals surface area contributed by atoms with Crippen molar-refractivity contribution in [2.75, 3.05) is 19.0 Å². The monoisotopic (exact) mass is 235 g/mol. The lowest BCUT2D eigenvalue weighted by molar-refractivity contribution is -0.430. The second-order valence-electron chi connectivity index (χ2n) is 1.93. The van der Waals surface area contributed by atoms with E-state index in [9.17, 15) is 10.1 Å². The van der Waals surface area contributed by atoms with E-state index in [2.05, 4.69) is 20.7 Å². The van der Waals surface area contributed by atoms with Crippen LogP contribution in [-0.2, 0) is 4.74 Å². The summed E-state index contributed by atoms with van der Waals surface area (Å²) >= 11 is 3.16. The lowest BCUT2D eigenvalue weighted by Gasteiger charge is -1.93. The van der Waals surface area contributed by atoms with Gasteiger partial charge in [0.2, 0.25) is 0 Å². The zero-order valence-electron chi connectivity index (χ0n) is 6.70. The quantitative estimate of drug-likeness (QED) is 0.316. The van der Waals surface area contributed by atoms with Crippen molar-refractivity contribution in [1.82, 2.24) is 0 Å². The van der Waals surface area contributed by atoms with Gasteiger partial charge in [0.15, 0.2) is 0 Å². The van der Waals surface area contributed by atoms with Gasteiger partial charge in [-0.15, -0.1) is 0 Å². The van der Waals surface area contributed by atoms with Gasteiger partial charge < -0.3 is 4.74 Å². The highest BCUT2D eigenvalue weighted by Crippen LogP contribution is 1.96. The fourth-order valence-electron chi connectivity index (χ4n) is 0.540. The maximum atomic E-state index is 10.3. The van der Waals surface area contributed by atoms with Crippen molar-refractivity contribution in [2.45, 2.75) is 0 Å². The minimum Gasteiger partial charge on any atom is -0.373 e.